The van der Waals surface area contributed by atoms with Crippen LogP contribution in [0, 0.1) is 5.92 Å². The van der Waals surface area contributed by atoms with Crippen molar-refractivity contribution in [3.8, 4) is 0 Å². The Kier molecular flexibility index (Phi) is 6.51. The molecule has 5 nitrogen and oxygen atoms in total. The second-order valence-electron chi connectivity index (χ2n) is 8.02. The molecule has 2 rings (SSSR count). The van der Waals surface area contributed by atoms with Crippen LogP contribution in [0.3, 0.4) is 0 Å². The molecule has 0 N–H and O–H groups in total. The normalized spacial score (nSPS) is 16.9. The number of carbonyl (C=O) groups is 1. The molecule has 146 valence electrons. The number of carbonyl (C=O) groups excluding carboxylic acids is 1. The summed E-state index contributed by atoms with van der Waals surface area (Å²) in [6, 6.07) is 7.16. The third kappa shape index (κ3) is 4.46. The molecule has 0 saturated carbocycles. The summed E-state index contributed by atoms with van der Waals surface area (Å²) in [6.07, 6.45) is 1.65. The van der Waals surface area contributed by atoms with Crippen LogP contribution in [0.1, 0.15) is 53.0 Å². The Morgan fingerprint density at radius 1 is 1.00 bits per heavy atom. The van der Waals surface area contributed by atoms with E-state index in [9.17, 15) is 13.2 Å². The molecule has 0 spiro atoms. The van der Waals surface area contributed by atoms with Crippen molar-refractivity contribution in [2.24, 2.45) is 5.92 Å². The maximum Gasteiger partial charge on any atom is 0.243 e. The van der Waals surface area contributed by atoms with Gasteiger partial charge in [-0.2, -0.15) is 4.31 Å². The first-order valence-electron chi connectivity index (χ1n) is 9.50. The van der Waals surface area contributed by atoms with Gasteiger partial charge >= 0.3 is 0 Å². The molecule has 6 heteroatoms. The van der Waals surface area contributed by atoms with E-state index in [1.807, 2.05) is 30.9 Å². The van der Waals surface area contributed by atoms with Crippen LogP contribution in [-0.2, 0) is 20.2 Å². The molecule has 1 heterocycles. The summed E-state index contributed by atoms with van der Waals surface area (Å²) >= 11 is 0. The summed E-state index contributed by atoms with van der Waals surface area (Å²) in [7, 11) is -3.51. The average molecular weight is 381 g/mol. The number of rotatable bonds is 5. The van der Waals surface area contributed by atoms with E-state index in [-0.39, 0.29) is 17.2 Å². The molecule has 1 aromatic rings. The highest BCUT2D eigenvalue weighted by molar-refractivity contribution is 7.89. The quantitative estimate of drug-likeness (QED) is 0.788. The minimum absolute atomic E-state index is 0.0105. The first kappa shape index (κ1) is 20.9. The molecule has 0 radical (unpaired) electrons. The van der Waals surface area contributed by atoms with E-state index in [1.54, 1.807) is 12.1 Å². The molecule has 26 heavy (non-hydrogen) atoms. The van der Waals surface area contributed by atoms with E-state index in [1.165, 1.54) is 4.31 Å². The molecule has 1 amide bonds. The average Bonchev–Trinajstić information content (AvgIpc) is 2.62. The summed E-state index contributed by atoms with van der Waals surface area (Å²) in [5.41, 5.74) is 1.10. The number of nitrogens with zero attached hydrogens (tertiary/aromatic N) is 2. The molecule has 1 aromatic carbocycles. The molecular formula is C20H32N2O3S. The van der Waals surface area contributed by atoms with Crippen LogP contribution in [-0.4, -0.2) is 49.7 Å². The van der Waals surface area contributed by atoms with Gasteiger partial charge in [-0.15, -0.1) is 0 Å². The molecule has 0 atom stereocenters. The fourth-order valence-corrected chi connectivity index (χ4v) is 4.74. The molecule has 0 unspecified atom stereocenters. The molecule has 1 aliphatic heterocycles. The van der Waals surface area contributed by atoms with Crippen molar-refractivity contribution in [2.45, 2.75) is 57.8 Å². The molecule has 1 saturated heterocycles. The standard InChI is InChI=1S/C20H32N2O3S/c1-6-16(7-2)19(23)21-12-14-22(15-13-21)26(24,25)18-10-8-17(9-11-18)20(3,4)5/h8-11,16H,6-7,12-15H2,1-5H3. The van der Waals surface area contributed by atoms with Crippen LogP contribution in [0.4, 0.5) is 0 Å². The van der Waals surface area contributed by atoms with Gasteiger partial charge < -0.3 is 4.90 Å². The first-order valence-corrected chi connectivity index (χ1v) is 10.9. The highest BCUT2D eigenvalue weighted by atomic mass is 32.2. The summed E-state index contributed by atoms with van der Waals surface area (Å²) in [5, 5.41) is 0. The number of hydrogen-bond donors (Lipinski definition) is 0. The van der Waals surface area contributed by atoms with Gasteiger partial charge in [-0.3, -0.25) is 4.79 Å². The number of benzene rings is 1. The van der Waals surface area contributed by atoms with Crippen LogP contribution >= 0.6 is 0 Å². The molecule has 1 fully saturated rings. The smallest absolute Gasteiger partial charge is 0.243 e. The molecule has 0 aliphatic carbocycles. The van der Waals surface area contributed by atoms with Crippen LogP contribution in [0.15, 0.2) is 29.2 Å². The van der Waals surface area contributed by atoms with Crippen LogP contribution < -0.4 is 0 Å². The van der Waals surface area contributed by atoms with E-state index in [0.29, 0.717) is 31.1 Å². The first-order chi connectivity index (χ1) is 12.1. The van der Waals surface area contributed by atoms with Crippen LogP contribution in [0.25, 0.3) is 0 Å². The topological polar surface area (TPSA) is 57.7 Å². The second kappa shape index (κ2) is 8.09. The number of piperazine rings is 1. The fourth-order valence-electron chi connectivity index (χ4n) is 3.32. The van der Waals surface area contributed by atoms with Crippen molar-refractivity contribution >= 4 is 15.9 Å². The van der Waals surface area contributed by atoms with E-state index < -0.39 is 10.0 Å². The van der Waals surface area contributed by atoms with Gasteiger partial charge in [0.25, 0.3) is 0 Å². The van der Waals surface area contributed by atoms with E-state index in [0.717, 1.165) is 18.4 Å². The Hall–Kier alpha value is -1.40. The van der Waals surface area contributed by atoms with Crippen molar-refractivity contribution in [3.05, 3.63) is 29.8 Å². The van der Waals surface area contributed by atoms with Gasteiger partial charge in [0.2, 0.25) is 15.9 Å². The Bertz CT molecular complexity index is 708. The molecular weight excluding hydrogens is 348 g/mol. The van der Waals surface area contributed by atoms with E-state index in [2.05, 4.69) is 20.8 Å². The number of sulfonamides is 1. The Morgan fingerprint density at radius 3 is 1.92 bits per heavy atom. The fraction of sp³-hybridized carbons (Fsp3) is 0.650. The lowest BCUT2D eigenvalue weighted by molar-refractivity contribution is -0.136. The lowest BCUT2D eigenvalue weighted by atomic mass is 9.87. The summed E-state index contributed by atoms with van der Waals surface area (Å²) in [5.74, 6) is 0.199. The summed E-state index contributed by atoms with van der Waals surface area (Å²) < 4.78 is 27.3. The molecule has 0 bridgehead atoms. The van der Waals surface area contributed by atoms with E-state index in [4.69, 9.17) is 0 Å². The minimum atomic E-state index is -3.51. The predicted molar refractivity (Wildman–Crippen MR) is 105 cm³/mol. The zero-order valence-electron chi connectivity index (χ0n) is 16.7. The monoisotopic (exact) mass is 380 g/mol. The van der Waals surface area contributed by atoms with Gasteiger partial charge in [-0.1, -0.05) is 46.8 Å². The van der Waals surface area contributed by atoms with Gasteiger partial charge in [0.05, 0.1) is 4.90 Å². The lowest BCUT2D eigenvalue weighted by Crippen LogP contribution is -2.51. The number of amides is 1. The lowest BCUT2D eigenvalue weighted by Gasteiger charge is -2.35. The van der Waals surface area contributed by atoms with Crippen molar-refractivity contribution in [2.75, 3.05) is 26.2 Å². The van der Waals surface area contributed by atoms with Crippen molar-refractivity contribution in [3.63, 3.8) is 0 Å². The maximum atomic E-state index is 12.9. The van der Waals surface area contributed by atoms with Crippen molar-refractivity contribution < 1.29 is 13.2 Å². The minimum Gasteiger partial charge on any atom is -0.340 e. The number of hydrogen-bond acceptors (Lipinski definition) is 3. The SMILES string of the molecule is CCC(CC)C(=O)N1CCN(S(=O)(=O)c2ccc(C(C)(C)C)cc2)CC1. The van der Waals surface area contributed by atoms with Gasteiger partial charge in [0.15, 0.2) is 0 Å². The Balaban J connectivity index is 2.07. The van der Waals surface area contributed by atoms with Gasteiger partial charge in [-0.05, 0) is 36.0 Å². The zero-order valence-corrected chi connectivity index (χ0v) is 17.5. The van der Waals surface area contributed by atoms with Crippen LogP contribution in [0.2, 0.25) is 0 Å². The van der Waals surface area contributed by atoms with Gasteiger partial charge in [-0.25, -0.2) is 8.42 Å². The summed E-state index contributed by atoms with van der Waals surface area (Å²) in [4.78, 5) is 14.6. The third-order valence-corrected chi connectivity index (χ3v) is 7.16. The van der Waals surface area contributed by atoms with Crippen molar-refractivity contribution in [1.82, 2.24) is 9.21 Å². The second-order valence-corrected chi connectivity index (χ2v) is 9.96. The van der Waals surface area contributed by atoms with Gasteiger partial charge in [0, 0.05) is 32.1 Å². The summed E-state index contributed by atoms with van der Waals surface area (Å²) in [6.45, 7) is 12.0. The van der Waals surface area contributed by atoms with Crippen LogP contribution in [0.5, 0.6) is 0 Å². The largest absolute Gasteiger partial charge is 0.340 e. The Labute approximate surface area is 158 Å². The van der Waals surface area contributed by atoms with Gasteiger partial charge in [0.1, 0.15) is 0 Å². The third-order valence-electron chi connectivity index (χ3n) is 5.24. The zero-order chi connectivity index (χ0) is 19.5. The predicted octanol–water partition coefficient (Wildman–Crippen LogP) is 3.25. The highest BCUT2D eigenvalue weighted by Gasteiger charge is 2.31. The van der Waals surface area contributed by atoms with Crippen molar-refractivity contribution in [1.29, 1.82) is 0 Å². The Morgan fingerprint density at radius 2 is 1.50 bits per heavy atom. The molecule has 1 aliphatic rings. The maximum absolute atomic E-state index is 12.9. The molecule has 0 aromatic heterocycles. The highest BCUT2D eigenvalue weighted by Crippen LogP contribution is 2.25. The van der Waals surface area contributed by atoms with E-state index >= 15 is 0 Å².